The van der Waals surface area contributed by atoms with Gasteiger partial charge in [0.1, 0.15) is 12.0 Å². The van der Waals surface area contributed by atoms with E-state index in [-0.39, 0.29) is 12.0 Å². The van der Waals surface area contributed by atoms with Crippen LogP contribution in [0.5, 0.6) is 0 Å². The van der Waals surface area contributed by atoms with Gasteiger partial charge in [0.05, 0.1) is 13.2 Å². The van der Waals surface area contributed by atoms with Gasteiger partial charge in [0, 0.05) is 13.1 Å². The van der Waals surface area contributed by atoms with E-state index in [2.05, 4.69) is 0 Å². The van der Waals surface area contributed by atoms with Crippen LogP contribution in [0.3, 0.4) is 0 Å². The summed E-state index contributed by atoms with van der Waals surface area (Å²) in [5, 5.41) is 0. The summed E-state index contributed by atoms with van der Waals surface area (Å²) in [6, 6.07) is 0. The molecule has 2 fully saturated rings. The third-order valence-electron chi connectivity index (χ3n) is 2.06. The molecule has 0 amide bonds. The van der Waals surface area contributed by atoms with E-state index in [4.69, 9.17) is 8.92 Å². The second-order valence-electron chi connectivity index (χ2n) is 2.92. The van der Waals surface area contributed by atoms with Crippen molar-refractivity contribution in [1.82, 2.24) is 4.90 Å². The van der Waals surface area contributed by atoms with Crippen LogP contribution in [0, 0.1) is 0 Å². The lowest BCUT2D eigenvalue weighted by atomic mass is 10.4. The Morgan fingerprint density at radius 2 is 1.83 bits per heavy atom. The molecule has 2 saturated heterocycles. The van der Waals surface area contributed by atoms with Gasteiger partial charge >= 0.3 is 0 Å². The minimum Gasteiger partial charge on any atom is -0.379 e. The lowest BCUT2D eigenvalue weighted by molar-refractivity contribution is -0.0503. The van der Waals surface area contributed by atoms with E-state index < -0.39 is 10.1 Å². The van der Waals surface area contributed by atoms with Crippen LogP contribution in [0.4, 0.5) is 0 Å². The standard InChI is InChI=1S/C6H11NO4S/c8-12(9)5-6(11-12)7-1-3-10-4-2-7/h6H,1-5H2. The number of ether oxygens (including phenoxy) is 1. The minimum atomic E-state index is -3.16. The van der Waals surface area contributed by atoms with Crippen LogP contribution in [0.25, 0.3) is 0 Å². The Morgan fingerprint density at radius 3 is 2.33 bits per heavy atom. The molecular formula is C6H11NO4S. The molecular weight excluding hydrogens is 182 g/mol. The van der Waals surface area contributed by atoms with Crippen molar-refractivity contribution in [3.05, 3.63) is 0 Å². The highest BCUT2D eigenvalue weighted by atomic mass is 32.2. The first-order chi connectivity index (χ1) is 5.67. The summed E-state index contributed by atoms with van der Waals surface area (Å²) < 4.78 is 31.2. The molecule has 2 aliphatic heterocycles. The van der Waals surface area contributed by atoms with Gasteiger partial charge < -0.3 is 4.74 Å². The van der Waals surface area contributed by atoms with Crippen molar-refractivity contribution in [3.8, 4) is 0 Å². The van der Waals surface area contributed by atoms with Crippen LogP contribution in [0.15, 0.2) is 0 Å². The number of rotatable bonds is 1. The fraction of sp³-hybridized carbons (Fsp3) is 1.00. The Balaban J connectivity index is 1.87. The normalized spacial score (nSPS) is 35.8. The summed E-state index contributed by atoms with van der Waals surface area (Å²) in [5.41, 5.74) is 0. The zero-order valence-electron chi connectivity index (χ0n) is 6.60. The molecule has 0 aromatic carbocycles. The summed E-state index contributed by atoms with van der Waals surface area (Å²) in [6.07, 6.45) is -0.223. The van der Waals surface area contributed by atoms with Crippen LogP contribution in [-0.2, 0) is 19.0 Å². The van der Waals surface area contributed by atoms with Crippen molar-refractivity contribution in [3.63, 3.8) is 0 Å². The monoisotopic (exact) mass is 193 g/mol. The molecule has 0 radical (unpaired) electrons. The molecule has 0 spiro atoms. The third kappa shape index (κ3) is 1.61. The van der Waals surface area contributed by atoms with E-state index >= 15 is 0 Å². The topological polar surface area (TPSA) is 55.8 Å². The minimum absolute atomic E-state index is 0.132. The molecule has 0 aromatic heterocycles. The van der Waals surface area contributed by atoms with Crippen molar-refractivity contribution in [2.45, 2.75) is 6.23 Å². The molecule has 0 saturated carbocycles. The van der Waals surface area contributed by atoms with Crippen LogP contribution < -0.4 is 0 Å². The zero-order chi connectivity index (χ0) is 8.60. The Kier molecular flexibility index (Phi) is 2.07. The van der Waals surface area contributed by atoms with E-state index in [9.17, 15) is 8.42 Å². The quantitative estimate of drug-likeness (QED) is 0.500. The third-order valence-corrected chi connectivity index (χ3v) is 3.27. The van der Waals surface area contributed by atoms with Crippen molar-refractivity contribution >= 4 is 10.1 Å². The smallest absolute Gasteiger partial charge is 0.272 e. The van der Waals surface area contributed by atoms with Gasteiger partial charge in [0.2, 0.25) is 0 Å². The van der Waals surface area contributed by atoms with Gasteiger partial charge in [-0.25, -0.2) is 4.18 Å². The Labute approximate surface area is 71.4 Å². The lowest BCUT2D eigenvalue weighted by Gasteiger charge is -2.37. The molecule has 12 heavy (non-hydrogen) atoms. The van der Waals surface area contributed by atoms with Crippen LogP contribution in [0.1, 0.15) is 0 Å². The molecule has 70 valence electrons. The second kappa shape index (κ2) is 2.95. The highest BCUT2D eigenvalue weighted by Gasteiger charge is 2.39. The number of nitrogens with zero attached hydrogens (tertiary/aromatic N) is 1. The van der Waals surface area contributed by atoms with E-state index in [1.54, 1.807) is 0 Å². The molecule has 5 nitrogen and oxygen atoms in total. The van der Waals surface area contributed by atoms with Gasteiger partial charge in [-0.3, -0.25) is 4.90 Å². The fourth-order valence-electron chi connectivity index (χ4n) is 1.37. The van der Waals surface area contributed by atoms with Gasteiger partial charge in [-0.05, 0) is 0 Å². The molecule has 2 rings (SSSR count). The lowest BCUT2D eigenvalue weighted by Crippen LogP contribution is -2.54. The predicted molar refractivity (Wildman–Crippen MR) is 41.1 cm³/mol. The molecule has 0 aliphatic carbocycles. The average Bonchev–Trinajstić information content (AvgIpc) is 2.02. The highest BCUT2D eigenvalue weighted by Crippen LogP contribution is 2.20. The van der Waals surface area contributed by atoms with Gasteiger partial charge in [-0.1, -0.05) is 0 Å². The maximum atomic E-state index is 10.7. The highest BCUT2D eigenvalue weighted by molar-refractivity contribution is 7.87. The fourth-order valence-corrected chi connectivity index (χ4v) is 2.37. The maximum absolute atomic E-state index is 10.7. The van der Waals surface area contributed by atoms with Crippen molar-refractivity contribution < 1.29 is 17.3 Å². The molecule has 1 atom stereocenters. The SMILES string of the molecule is O=S1(=O)CC(N2CCOCC2)O1. The van der Waals surface area contributed by atoms with Crippen LogP contribution in [0.2, 0.25) is 0 Å². The van der Waals surface area contributed by atoms with Crippen LogP contribution in [-0.4, -0.2) is 51.6 Å². The van der Waals surface area contributed by atoms with E-state index in [0.29, 0.717) is 13.2 Å². The Hall–Kier alpha value is -0.170. The summed E-state index contributed by atoms with van der Waals surface area (Å²) >= 11 is 0. The number of hydrogen-bond donors (Lipinski definition) is 0. The molecule has 6 heteroatoms. The average molecular weight is 193 g/mol. The van der Waals surface area contributed by atoms with E-state index in [1.807, 2.05) is 4.90 Å². The molecule has 0 N–H and O–H groups in total. The van der Waals surface area contributed by atoms with Gasteiger partial charge in [-0.15, -0.1) is 0 Å². The second-order valence-corrected chi connectivity index (χ2v) is 4.56. The number of morpholine rings is 1. The van der Waals surface area contributed by atoms with Crippen molar-refractivity contribution in [2.24, 2.45) is 0 Å². The summed E-state index contributed by atoms with van der Waals surface area (Å²) in [7, 11) is -3.16. The predicted octanol–water partition coefficient (Wildman–Crippen LogP) is -0.995. The first kappa shape index (κ1) is 8.43. The van der Waals surface area contributed by atoms with Gasteiger partial charge in [-0.2, -0.15) is 8.42 Å². The zero-order valence-corrected chi connectivity index (χ0v) is 7.42. The first-order valence-corrected chi connectivity index (χ1v) is 5.48. The summed E-state index contributed by atoms with van der Waals surface area (Å²) in [5.74, 6) is 0.132. The molecule has 2 aliphatic rings. The number of hydrogen-bond acceptors (Lipinski definition) is 5. The first-order valence-electron chi connectivity index (χ1n) is 3.90. The van der Waals surface area contributed by atoms with E-state index in [0.717, 1.165) is 13.1 Å². The maximum Gasteiger partial charge on any atom is 0.272 e. The summed E-state index contributed by atoms with van der Waals surface area (Å²) in [6.45, 7) is 2.86. The van der Waals surface area contributed by atoms with Crippen molar-refractivity contribution in [2.75, 3.05) is 32.1 Å². The van der Waals surface area contributed by atoms with Gasteiger partial charge in [0.15, 0.2) is 0 Å². The molecule has 2 heterocycles. The van der Waals surface area contributed by atoms with Crippen molar-refractivity contribution in [1.29, 1.82) is 0 Å². The van der Waals surface area contributed by atoms with Gasteiger partial charge in [0.25, 0.3) is 10.1 Å². The Morgan fingerprint density at radius 1 is 1.25 bits per heavy atom. The Bertz CT molecular complexity index is 245. The van der Waals surface area contributed by atoms with E-state index in [1.165, 1.54) is 0 Å². The molecule has 1 unspecified atom stereocenters. The summed E-state index contributed by atoms with van der Waals surface area (Å²) in [4.78, 5) is 1.99. The largest absolute Gasteiger partial charge is 0.379 e. The molecule has 0 bridgehead atoms. The molecule has 0 aromatic rings. The van der Waals surface area contributed by atoms with Crippen LogP contribution >= 0.6 is 0 Å².